The summed E-state index contributed by atoms with van der Waals surface area (Å²) in [7, 11) is 0. The molecule has 0 radical (unpaired) electrons. The van der Waals surface area contributed by atoms with Gasteiger partial charge in [-0.2, -0.15) is 0 Å². The Balaban J connectivity index is 1.38. The molecule has 162 valence electrons. The van der Waals surface area contributed by atoms with E-state index in [0.29, 0.717) is 25.2 Å². The van der Waals surface area contributed by atoms with Crippen molar-refractivity contribution in [1.29, 1.82) is 0 Å². The Hall–Kier alpha value is -3.09. The highest BCUT2D eigenvalue weighted by Gasteiger charge is 2.46. The number of benzene rings is 1. The van der Waals surface area contributed by atoms with Crippen molar-refractivity contribution < 1.29 is 24.2 Å². The summed E-state index contributed by atoms with van der Waals surface area (Å²) in [6.45, 7) is 3.51. The molecular formula is C24H26N2O5. The summed E-state index contributed by atoms with van der Waals surface area (Å²) in [4.78, 5) is 40.7. The van der Waals surface area contributed by atoms with Crippen LogP contribution in [0.25, 0.3) is 0 Å². The fraction of sp³-hybridized carbons (Fsp3) is 0.458. The normalized spacial score (nSPS) is 27.1. The summed E-state index contributed by atoms with van der Waals surface area (Å²) in [5.41, 5.74) is 4.17. The van der Waals surface area contributed by atoms with Gasteiger partial charge in [-0.25, -0.2) is 9.59 Å². The van der Waals surface area contributed by atoms with E-state index in [1.54, 1.807) is 17.0 Å². The second kappa shape index (κ2) is 7.55. The lowest BCUT2D eigenvalue weighted by atomic mass is 9.85. The number of carbonyl (C=O) groups excluding carboxylic acids is 2. The van der Waals surface area contributed by atoms with Gasteiger partial charge in [0.05, 0.1) is 18.2 Å². The fourth-order valence-electron chi connectivity index (χ4n) is 5.35. The molecule has 2 unspecified atom stereocenters. The van der Waals surface area contributed by atoms with Crippen molar-refractivity contribution in [2.24, 2.45) is 0 Å². The van der Waals surface area contributed by atoms with E-state index in [2.05, 4.69) is 12.2 Å². The van der Waals surface area contributed by atoms with Crippen LogP contribution in [0, 0.1) is 0 Å². The topological polar surface area (TPSA) is 87.2 Å². The third-order valence-electron chi connectivity index (χ3n) is 7.08. The number of ether oxygens (including phenoxy) is 1. The minimum atomic E-state index is -0.992. The molecule has 2 amide bonds. The van der Waals surface area contributed by atoms with Gasteiger partial charge in [0, 0.05) is 24.6 Å². The number of amides is 2. The number of aromatic carboxylic acids is 1. The third-order valence-corrected chi connectivity index (χ3v) is 7.08. The van der Waals surface area contributed by atoms with E-state index in [1.165, 1.54) is 17.2 Å². The fourth-order valence-corrected chi connectivity index (χ4v) is 5.35. The van der Waals surface area contributed by atoms with Crippen molar-refractivity contribution in [2.75, 3.05) is 19.6 Å². The van der Waals surface area contributed by atoms with Crippen LogP contribution in [-0.2, 0) is 4.74 Å². The van der Waals surface area contributed by atoms with Crippen LogP contribution in [0.3, 0.4) is 0 Å². The van der Waals surface area contributed by atoms with E-state index < -0.39 is 5.97 Å². The molecule has 31 heavy (non-hydrogen) atoms. The van der Waals surface area contributed by atoms with E-state index >= 15 is 0 Å². The quantitative estimate of drug-likeness (QED) is 0.802. The van der Waals surface area contributed by atoms with Crippen LogP contribution in [0.2, 0.25) is 0 Å². The molecule has 1 N–H and O–H groups in total. The van der Waals surface area contributed by atoms with Crippen molar-refractivity contribution in [3.63, 3.8) is 0 Å². The molecule has 7 nitrogen and oxygen atoms in total. The van der Waals surface area contributed by atoms with Crippen LogP contribution in [0.5, 0.6) is 0 Å². The van der Waals surface area contributed by atoms with Crippen LogP contribution in [0.4, 0.5) is 4.79 Å². The molecular weight excluding hydrogens is 396 g/mol. The van der Waals surface area contributed by atoms with Crippen LogP contribution in [0.15, 0.2) is 41.5 Å². The first-order chi connectivity index (χ1) is 15.0. The van der Waals surface area contributed by atoms with Crippen molar-refractivity contribution in [3.05, 3.63) is 58.2 Å². The summed E-state index contributed by atoms with van der Waals surface area (Å²) in [5.74, 6) is -1.06. The van der Waals surface area contributed by atoms with Gasteiger partial charge in [0.1, 0.15) is 6.10 Å². The summed E-state index contributed by atoms with van der Waals surface area (Å²) >= 11 is 0. The molecule has 0 bridgehead atoms. The SMILES string of the molecule is CCC1CN(CC2OC(=O)N3CC4=C(C=CCC4)C[C@@H]23)C(=O)c2ccc(C(=O)O)cc21. The number of cyclic esters (lactones) is 1. The Bertz CT molecular complexity index is 1030. The van der Waals surface area contributed by atoms with E-state index in [4.69, 9.17) is 4.74 Å². The zero-order valence-corrected chi connectivity index (χ0v) is 17.5. The maximum Gasteiger partial charge on any atom is 0.410 e. The second-order valence-electron chi connectivity index (χ2n) is 8.81. The molecule has 0 saturated carbocycles. The molecule has 1 fully saturated rings. The zero-order valence-electron chi connectivity index (χ0n) is 17.5. The van der Waals surface area contributed by atoms with Gasteiger partial charge >= 0.3 is 12.1 Å². The van der Waals surface area contributed by atoms with Crippen LogP contribution in [-0.4, -0.2) is 64.7 Å². The number of carboxylic acid groups (broad SMARTS) is 1. The number of rotatable bonds is 4. The van der Waals surface area contributed by atoms with Gasteiger partial charge in [-0.05, 0) is 60.6 Å². The monoisotopic (exact) mass is 422 g/mol. The first-order valence-electron chi connectivity index (χ1n) is 11.0. The number of hydrogen-bond acceptors (Lipinski definition) is 4. The van der Waals surface area contributed by atoms with E-state index in [1.807, 2.05) is 11.8 Å². The number of allylic oxidation sites excluding steroid dienone is 2. The Kier molecular flexibility index (Phi) is 4.84. The molecule has 4 aliphatic rings. The van der Waals surface area contributed by atoms with Crippen molar-refractivity contribution in [3.8, 4) is 0 Å². The molecule has 0 aromatic heterocycles. The molecule has 3 atom stereocenters. The Morgan fingerprint density at radius 1 is 1.29 bits per heavy atom. The highest BCUT2D eigenvalue weighted by molar-refractivity contribution is 5.99. The standard InChI is InChI=1S/C24H26N2O5/c1-2-14-11-25(22(27)18-8-7-16(23(28)29)9-19(14)18)13-21-20-10-15-5-3-4-6-17(15)12-26(20)24(30)31-21/h3,5,7-9,14,20-21H,2,4,6,10-13H2,1H3,(H,28,29)/t14?,20-,21?/m0/s1. The maximum absolute atomic E-state index is 13.2. The van der Waals surface area contributed by atoms with Crippen LogP contribution >= 0.6 is 0 Å². The van der Waals surface area contributed by atoms with E-state index in [9.17, 15) is 19.5 Å². The molecule has 7 heteroatoms. The van der Waals surface area contributed by atoms with Gasteiger partial charge in [-0.1, -0.05) is 19.1 Å². The smallest absolute Gasteiger partial charge is 0.410 e. The van der Waals surface area contributed by atoms with E-state index in [-0.39, 0.29) is 35.6 Å². The lowest BCUT2D eigenvalue weighted by Gasteiger charge is -2.37. The van der Waals surface area contributed by atoms with Crippen LogP contribution < -0.4 is 0 Å². The van der Waals surface area contributed by atoms with Crippen molar-refractivity contribution >= 4 is 18.0 Å². The second-order valence-corrected chi connectivity index (χ2v) is 8.81. The molecule has 1 saturated heterocycles. The van der Waals surface area contributed by atoms with Gasteiger partial charge in [-0.15, -0.1) is 0 Å². The largest absolute Gasteiger partial charge is 0.478 e. The highest BCUT2D eigenvalue weighted by atomic mass is 16.6. The number of carbonyl (C=O) groups is 3. The first-order valence-corrected chi connectivity index (χ1v) is 11.0. The van der Waals surface area contributed by atoms with Crippen molar-refractivity contribution in [1.82, 2.24) is 9.80 Å². The summed E-state index contributed by atoms with van der Waals surface area (Å²) in [6.07, 6.45) is 7.26. The minimum Gasteiger partial charge on any atom is -0.478 e. The molecule has 0 spiro atoms. The van der Waals surface area contributed by atoms with Gasteiger partial charge in [0.25, 0.3) is 5.91 Å². The van der Waals surface area contributed by atoms with Crippen LogP contribution in [0.1, 0.15) is 64.8 Å². The van der Waals surface area contributed by atoms with Gasteiger partial charge in [-0.3, -0.25) is 9.69 Å². The number of fused-ring (bicyclic) bond motifs is 2. The molecule has 5 rings (SSSR count). The average molecular weight is 422 g/mol. The molecule has 3 heterocycles. The van der Waals surface area contributed by atoms with Gasteiger partial charge in [0.2, 0.25) is 0 Å². The Labute approximate surface area is 181 Å². The number of nitrogens with zero attached hydrogens (tertiary/aromatic N) is 2. The maximum atomic E-state index is 13.2. The van der Waals surface area contributed by atoms with Gasteiger partial charge < -0.3 is 14.7 Å². The van der Waals surface area contributed by atoms with Crippen molar-refractivity contribution in [2.45, 2.75) is 50.7 Å². The number of carboxylic acids is 1. The minimum absolute atomic E-state index is 0.0575. The predicted molar refractivity (Wildman–Crippen MR) is 113 cm³/mol. The molecule has 3 aliphatic heterocycles. The highest BCUT2D eigenvalue weighted by Crippen LogP contribution is 2.37. The van der Waals surface area contributed by atoms with E-state index in [0.717, 1.165) is 31.2 Å². The summed E-state index contributed by atoms with van der Waals surface area (Å²) in [5, 5.41) is 9.31. The average Bonchev–Trinajstić information content (AvgIpc) is 3.08. The molecule has 1 aromatic rings. The number of hydrogen-bond donors (Lipinski definition) is 1. The lowest BCUT2D eigenvalue weighted by molar-refractivity contribution is 0.0560. The molecule has 1 aromatic carbocycles. The molecule has 1 aliphatic carbocycles. The summed E-state index contributed by atoms with van der Waals surface area (Å²) < 4.78 is 5.74. The Morgan fingerprint density at radius 2 is 2.13 bits per heavy atom. The Morgan fingerprint density at radius 3 is 2.90 bits per heavy atom. The summed E-state index contributed by atoms with van der Waals surface area (Å²) in [6, 6.07) is 4.67. The lowest BCUT2D eigenvalue weighted by Crippen LogP contribution is -2.49. The predicted octanol–water partition coefficient (Wildman–Crippen LogP) is 3.57. The third kappa shape index (κ3) is 3.32. The zero-order chi connectivity index (χ0) is 21.7. The van der Waals surface area contributed by atoms with Gasteiger partial charge in [0.15, 0.2) is 0 Å². The first kappa shape index (κ1) is 19.8.